The Bertz CT molecular complexity index is 434. The van der Waals surface area contributed by atoms with Gasteiger partial charge in [0.2, 0.25) is 0 Å². The summed E-state index contributed by atoms with van der Waals surface area (Å²) >= 11 is 0. The Hall–Kier alpha value is -1.10. The monoisotopic (exact) mass is 291 g/mol. The predicted molar refractivity (Wildman–Crippen MR) is 87.7 cm³/mol. The third-order valence-electron chi connectivity index (χ3n) is 4.64. The zero-order valence-electron chi connectivity index (χ0n) is 13.7. The van der Waals surface area contributed by atoms with Gasteiger partial charge in [-0.15, -0.1) is 0 Å². The van der Waals surface area contributed by atoms with Gasteiger partial charge in [-0.05, 0) is 51.6 Å². The lowest BCUT2D eigenvalue weighted by atomic mass is 9.98. The summed E-state index contributed by atoms with van der Waals surface area (Å²) in [6.45, 7) is 7.96. The number of benzene rings is 1. The summed E-state index contributed by atoms with van der Waals surface area (Å²) in [5, 5.41) is 0. The molecule has 1 aromatic carbocycles. The van der Waals surface area contributed by atoms with E-state index in [-0.39, 0.29) is 6.04 Å². The van der Waals surface area contributed by atoms with Crippen molar-refractivity contribution >= 4 is 0 Å². The summed E-state index contributed by atoms with van der Waals surface area (Å²) in [4.78, 5) is 4.97. The highest BCUT2D eigenvalue weighted by Gasteiger charge is 2.28. The van der Waals surface area contributed by atoms with E-state index in [9.17, 15) is 0 Å². The van der Waals surface area contributed by atoms with Crippen LogP contribution in [-0.2, 0) is 0 Å². The standard InChI is InChI=1S/C17H29N3O/c1-13-12-19(3)10-5-11-20(13)14(2)17(18)15-6-8-16(21-4)9-7-15/h6-9,13-14,17H,5,10-12,18H2,1-4H3. The molecule has 3 atom stereocenters. The van der Waals surface area contributed by atoms with Gasteiger partial charge < -0.3 is 15.4 Å². The predicted octanol–water partition coefficient (Wildman–Crippen LogP) is 2.11. The van der Waals surface area contributed by atoms with Crippen molar-refractivity contribution in [3.8, 4) is 5.75 Å². The van der Waals surface area contributed by atoms with Crippen molar-refractivity contribution in [1.82, 2.24) is 9.80 Å². The molecule has 4 heteroatoms. The molecule has 0 aromatic heterocycles. The van der Waals surface area contributed by atoms with Crippen LogP contribution in [-0.4, -0.2) is 55.7 Å². The summed E-state index contributed by atoms with van der Waals surface area (Å²) in [6.07, 6.45) is 1.21. The summed E-state index contributed by atoms with van der Waals surface area (Å²) in [5.41, 5.74) is 7.69. The molecular weight excluding hydrogens is 262 g/mol. The van der Waals surface area contributed by atoms with E-state index < -0.39 is 0 Å². The van der Waals surface area contributed by atoms with Gasteiger partial charge in [0.05, 0.1) is 7.11 Å². The molecular formula is C17H29N3O. The quantitative estimate of drug-likeness (QED) is 0.922. The van der Waals surface area contributed by atoms with E-state index in [0.717, 1.165) is 18.8 Å². The van der Waals surface area contributed by atoms with Crippen molar-refractivity contribution in [1.29, 1.82) is 0 Å². The number of nitrogens with two attached hydrogens (primary N) is 1. The van der Waals surface area contributed by atoms with Gasteiger partial charge in [-0.1, -0.05) is 12.1 Å². The van der Waals surface area contributed by atoms with Crippen molar-refractivity contribution in [2.24, 2.45) is 5.73 Å². The van der Waals surface area contributed by atoms with Crippen LogP contribution in [0.4, 0.5) is 0 Å². The van der Waals surface area contributed by atoms with Crippen LogP contribution in [0.25, 0.3) is 0 Å². The molecule has 0 aliphatic carbocycles. The second-order valence-electron chi connectivity index (χ2n) is 6.24. The topological polar surface area (TPSA) is 41.7 Å². The fourth-order valence-electron chi connectivity index (χ4n) is 3.31. The maximum Gasteiger partial charge on any atom is 0.118 e. The van der Waals surface area contributed by atoms with E-state index in [2.05, 4.69) is 42.8 Å². The minimum absolute atomic E-state index is 0.0294. The number of hydrogen-bond donors (Lipinski definition) is 1. The summed E-state index contributed by atoms with van der Waals surface area (Å²) in [5.74, 6) is 0.878. The van der Waals surface area contributed by atoms with Crippen molar-refractivity contribution < 1.29 is 4.74 Å². The van der Waals surface area contributed by atoms with Crippen LogP contribution >= 0.6 is 0 Å². The minimum Gasteiger partial charge on any atom is -0.497 e. The van der Waals surface area contributed by atoms with Gasteiger partial charge in [-0.2, -0.15) is 0 Å². The highest BCUT2D eigenvalue weighted by Crippen LogP contribution is 2.24. The molecule has 3 unspecified atom stereocenters. The SMILES string of the molecule is COc1ccc(C(N)C(C)N2CCCN(C)CC2C)cc1. The number of rotatable bonds is 4. The molecule has 2 N–H and O–H groups in total. The minimum atomic E-state index is 0.0294. The molecule has 4 nitrogen and oxygen atoms in total. The van der Waals surface area contributed by atoms with E-state index in [4.69, 9.17) is 10.5 Å². The molecule has 0 amide bonds. The molecule has 2 rings (SSSR count). The van der Waals surface area contributed by atoms with Crippen LogP contribution < -0.4 is 10.5 Å². The lowest BCUT2D eigenvalue weighted by Crippen LogP contribution is -2.47. The summed E-state index contributed by atoms with van der Waals surface area (Å²) < 4.78 is 5.21. The highest BCUT2D eigenvalue weighted by atomic mass is 16.5. The van der Waals surface area contributed by atoms with E-state index in [1.165, 1.54) is 18.5 Å². The average Bonchev–Trinajstić information content (AvgIpc) is 2.66. The summed E-state index contributed by atoms with van der Waals surface area (Å²) in [7, 11) is 3.89. The second kappa shape index (κ2) is 7.25. The number of methoxy groups -OCH3 is 1. The Morgan fingerprint density at radius 3 is 2.52 bits per heavy atom. The Labute approximate surface area is 128 Å². The van der Waals surface area contributed by atoms with Crippen molar-refractivity contribution in [3.63, 3.8) is 0 Å². The molecule has 0 radical (unpaired) electrons. The second-order valence-corrected chi connectivity index (χ2v) is 6.24. The molecule has 0 bridgehead atoms. The maximum atomic E-state index is 6.51. The lowest BCUT2D eigenvalue weighted by Gasteiger charge is -2.36. The first kappa shape index (κ1) is 16.3. The maximum absolute atomic E-state index is 6.51. The normalized spacial score (nSPS) is 24.3. The molecule has 1 saturated heterocycles. The van der Waals surface area contributed by atoms with Crippen LogP contribution in [0.3, 0.4) is 0 Å². The fraction of sp³-hybridized carbons (Fsp3) is 0.647. The first-order valence-corrected chi connectivity index (χ1v) is 7.86. The van der Waals surface area contributed by atoms with E-state index >= 15 is 0 Å². The van der Waals surface area contributed by atoms with Crippen LogP contribution in [0.2, 0.25) is 0 Å². The zero-order valence-corrected chi connectivity index (χ0v) is 13.7. The smallest absolute Gasteiger partial charge is 0.118 e. The van der Waals surface area contributed by atoms with Crippen LogP contribution in [0.15, 0.2) is 24.3 Å². The van der Waals surface area contributed by atoms with E-state index in [1.807, 2.05) is 12.1 Å². The number of nitrogens with zero attached hydrogens (tertiary/aromatic N) is 2. The molecule has 1 fully saturated rings. The fourth-order valence-corrected chi connectivity index (χ4v) is 3.31. The molecule has 118 valence electrons. The molecule has 0 saturated carbocycles. The van der Waals surface area contributed by atoms with Crippen LogP contribution in [0.5, 0.6) is 5.75 Å². The third kappa shape index (κ3) is 3.96. The highest BCUT2D eigenvalue weighted by molar-refractivity contribution is 5.29. The Balaban J connectivity index is 2.07. The van der Waals surface area contributed by atoms with Gasteiger partial charge in [0.25, 0.3) is 0 Å². The van der Waals surface area contributed by atoms with Gasteiger partial charge in [-0.25, -0.2) is 0 Å². The van der Waals surface area contributed by atoms with Crippen molar-refractivity contribution in [2.45, 2.75) is 38.4 Å². The molecule has 21 heavy (non-hydrogen) atoms. The molecule has 1 aliphatic rings. The van der Waals surface area contributed by atoms with Gasteiger partial charge in [0.1, 0.15) is 5.75 Å². The largest absolute Gasteiger partial charge is 0.497 e. The van der Waals surface area contributed by atoms with Crippen molar-refractivity contribution in [2.75, 3.05) is 33.8 Å². The molecule has 1 heterocycles. The molecule has 1 aromatic rings. The van der Waals surface area contributed by atoms with Crippen LogP contribution in [0, 0.1) is 0 Å². The number of hydrogen-bond acceptors (Lipinski definition) is 4. The first-order chi connectivity index (χ1) is 10.0. The lowest BCUT2D eigenvalue weighted by molar-refractivity contribution is 0.134. The summed E-state index contributed by atoms with van der Waals surface area (Å²) in [6, 6.07) is 9.03. The molecule has 1 aliphatic heterocycles. The van der Waals surface area contributed by atoms with E-state index in [1.54, 1.807) is 7.11 Å². The van der Waals surface area contributed by atoms with Gasteiger partial charge >= 0.3 is 0 Å². The Kier molecular flexibility index (Phi) is 5.62. The van der Waals surface area contributed by atoms with Gasteiger partial charge in [0.15, 0.2) is 0 Å². The van der Waals surface area contributed by atoms with Crippen molar-refractivity contribution in [3.05, 3.63) is 29.8 Å². The zero-order chi connectivity index (χ0) is 15.4. The van der Waals surface area contributed by atoms with Crippen LogP contribution in [0.1, 0.15) is 31.9 Å². The van der Waals surface area contributed by atoms with Gasteiger partial charge in [-0.3, -0.25) is 4.90 Å². The number of ether oxygens (including phenoxy) is 1. The Morgan fingerprint density at radius 2 is 1.90 bits per heavy atom. The first-order valence-electron chi connectivity index (χ1n) is 7.86. The Morgan fingerprint density at radius 1 is 1.24 bits per heavy atom. The molecule has 0 spiro atoms. The van der Waals surface area contributed by atoms with E-state index in [0.29, 0.717) is 12.1 Å². The number of likely N-dealkylation sites (N-methyl/N-ethyl adjacent to an activating group) is 1. The van der Waals surface area contributed by atoms with Gasteiger partial charge in [0, 0.05) is 31.2 Å². The third-order valence-corrected chi connectivity index (χ3v) is 4.64. The average molecular weight is 291 g/mol.